The molecule has 0 spiro atoms. The van der Waals surface area contributed by atoms with Crippen molar-refractivity contribution in [3.05, 3.63) is 65.2 Å². The maximum absolute atomic E-state index is 8.81. The van der Waals surface area contributed by atoms with E-state index in [9.17, 15) is 0 Å². The Morgan fingerprint density at radius 1 is 1.20 bits per heavy atom. The number of anilines is 1. The summed E-state index contributed by atoms with van der Waals surface area (Å²) in [7, 11) is 0. The first kappa shape index (κ1) is 13.9. The van der Waals surface area contributed by atoms with E-state index in [4.69, 9.17) is 10.9 Å². The van der Waals surface area contributed by atoms with Gasteiger partial charge in [0.2, 0.25) is 0 Å². The number of rotatable bonds is 5. The average molecular weight is 269 g/mol. The largest absolute Gasteiger partial charge is 0.409 e. The quantitative estimate of drug-likeness (QED) is 0.338. The SMILES string of the molecule is CCc1cccc(NCc2ccccc2C(N)=NO)c1. The van der Waals surface area contributed by atoms with Crippen molar-refractivity contribution in [2.24, 2.45) is 10.9 Å². The lowest BCUT2D eigenvalue weighted by Gasteiger charge is -2.11. The molecule has 0 unspecified atom stereocenters. The second kappa shape index (κ2) is 6.61. The summed E-state index contributed by atoms with van der Waals surface area (Å²) in [6.07, 6.45) is 1.01. The van der Waals surface area contributed by atoms with Crippen molar-refractivity contribution in [3.8, 4) is 0 Å². The first-order chi connectivity index (χ1) is 9.74. The highest BCUT2D eigenvalue weighted by Crippen LogP contribution is 2.14. The van der Waals surface area contributed by atoms with Crippen LogP contribution >= 0.6 is 0 Å². The van der Waals surface area contributed by atoms with E-state index < -0.39 is 0 Å². The summed E-state index contributed by atoms with van der Waals surface area (Å²) in [5, 5.41) is 15.2. The van der Waals surface area contributed by atoms with Crippen LogP contribution in [-0.4, -0.2) is 11.0 Å². The van der Waals surface area contributed by atoms with E-state index in [2.05, 4.69) is 29.5 Å². The van der Waals surface area contributed by atoms with E-state index >= 15 is 0 Å². The highest BCUT2D eigenvalue weighted by atomic mass is 16.4. The molecule has 0 aliphatic heterocycles. The van der Waals surface area contributed by atoms with Gasteiger partial charge in [0.25, 0.3) is 0 Å². The number of benzene rings is 2. The van der Waals surface area contributed by atoms with E-state index in [0.29, 0.717) is 6.54 Å². The third kappa shape index (κ3) is 3.29. The topological polar surface area (TPSA) is 70.6 Å². The zero-order valence-electron chi connectivity index (χ0n) is 11.5. The maximum Gasteiger partial charge on any atom is 0.170 e. The summed E-state index contributed by atoms with van der Waals surface area (Å²) < 4.78 is 0. The molecular weight excluding hydrogens is 250 g/mol. The molecule has 0 aliphatic carbocycles. The molecule has 0 radical (unpaired) electrons. The second-order valence-electron chi connectivity index (χ2n) is 4.55. The predicted octanol–water partition coefficient (Wildman–Crippen LogP) is 2.96. The van der Waals surface area contributed by atoms with Crippen LogP contribution in [0.1, 0.15) is 23.6 Å². The van der Waals surface area contributed by atoms with Gasteiger partial charge in [0, 0.05) is 17.8 Å². The number of oxime groups is 1. The van der Waals surface area contributed by atoms with Crippen LogP contribution in [0.2, 0.25) is 0 Å². The fourth-order valence-electron chi connectivity index (χ4n) is 2.08. The molecule has 2 rings (SSSR count). The minimum absolute atomic E-state index is 0.129. The Hall–Kier alpha value is -2.49. The number of aryl methyl sites for hydroxylation is 1. The summed E-state index contributed by atoms with van der Waals surface area (Å²) >= 11 is 0. The summed E-state index contributed by atoms with van der Waals surface area (Å²) in [5.74, 6) is 0.129. The van der Waals surface area contributed by atoms with Crippen LogP contribution in [0.25, 0.3) is 0 Å². The number of nitrogens with two attached hydrogens (primary N) is 1. The lowest BCUT2D eigenvalue weighted by Crippen LogP contribution is -2.16. The Bertz CT molecular complexity index is 608. The molecule has 4 heteroatoms. The molecule has 0 bridgehead atoms. The molecule has 2 aromatic carbocycles. The normalized spacial score (nSPS) is 11.3. The molecule has 0 saturated carbocycles. The Balaban J connectivity index is 2.14. The lowest BCUT2D eigenvalue weighted by atomic mass is 10.1. The molecule has 4 nitrogen and oxygen atoms in total. The molecule has 0 heterocycles. The Morgan fingerprint density at radius 3 is 2.75 bits per heavy atom. The van der Waals surface area contributed by atoms with E-state index in [-0.39, 0.29) is 5.84 Å². The standard InChI is InChI=1S/C16H19N3O/c1-2-12-6-5-8-14(10-12)18-11-13-7-3-4-9-15(13)16(17)19-20/h3-10,18,20H,2,11H2,1H3,(H2,17,19). The van der Waals surface area contributed by atoms with Crippen LogP contribution in [0.4, 0.5) is 5.69 Å². The summed E-state index contributed by atoms with van der Waals surface area (Å²) in [6, 6.07) is 15.9. The van der Waals surface area contributed by atoms with Crippen molar-refractivity contribution in [2.75, 3.05) is 5.32 Å². The van der Waals surface area contributed by atoms with E-state index in [1.165, 1.54) is 5.56 Å². The number of hydrogen-bond acceptors (Lipinski definition) is 3. The third-order valence-electron chi connectivity index (χ3n) is 3.22. The van der Waals surface area contributed by atoms with Gasteiger partial charge in [-0.1, -0.05) is 48.5 Å². The van der Waals surface area contributed by atoms with Crippen LogP contribution in [0.5, 0.6) is 0 Å². The molecule has 20 heavy (non-hydrogen) atoms. The van der Waals surface area contributed by atoms with Gasteiger partial charge in [-0.2, -0.15) is 0 Å². The minimum atomic E-state index is 0.129. The maximum atomic E-state index is 8.81. The zero-order valence-corrected chi connectivity index (χ0v) is 11.5. The van der Waals surface area contributed by atoms with Crippen molar-refractivity contribution in [2.45, 2.75) is 19.9 Å². The fraction of sp³-hybridized carbons (Fsp3) is 0.188. The number of nitrogens with one attached hydrogen (secondary N) is 1. The van der Waals surface area contributed by atoms with Gasteiger partial charge in [-0.15, -0.1) is 0 Å². The predicted molar refractivity (Wildman–Crippen MR) is 82.1 cm³/mol. The molecule has 4 N–H and O–H groups in total. The van der Waals surface area contributed by atoms with Gasteiger partial charge in [-0.05, 0) is 29.7 Å². The second-order valence-corrected chi connectivity index (χ2v) is 4.55. The first-order valence-electron chi connectivity index (χ1n) is 6.63. The Kier molecular flexibility index (Phi) is 4.60. The molecule has 0 aliphatic rings. The van der Waals surface area contributed by atoms with Crippen molar-refractivity contribution < 1.29 is 5.21 Å². The van der Waals surface area contributed by atoms with Crippen LogP contribution in [0, 0.1) is 0 Å². The van der Waals surface area contributed by atoms with Crippen molar-refractivity contribution in [3.63, 3.8) is 0 Å². The fourth-order valence-corrected chi connectivity index (χ4v) is 2.08. The van der Waals surface area contributed by atoms with Gasteiger partial charge in [0.1, 0.15) is 0 Å². The number of nitrogens with zero attached hydrogens (tertiary/aromatic N) is 1. The van der Waals surface area contributed by atoms with Gasteiger partial charge in [0.15, 0.2) is 5.84 Å². The summed E-state index contributed by atoms with van der Waals surface area (Å²) in [6.45, 7) is 2.76. The van der Waals surface area contributed by atoms with Crippen LogP contribution in [0.3, 0.4) is 0 Å². The molecule has 2 aromatic rings. The molecular formula is C16H19N3O. The lowest BCUT2D eigenvalue weighted by molar-refractivity contribution is 0.318. The summed E-state index contributed by atoms with van der Waals surface area (Å²) in [4.78, 5) is 0. The van der Waals surface area contributed by atoms with E-state index in [1.807, 2.05) is 36.4 Å². The smallest absolute Gasteiger partial charge is 0.170 e. The number of hydrogen-bond donors (Lipinski definition) is 3. The monoisotopic (exact) mass is 269 g/mol. The highest BCUT2D eigenvalue weighted by molar-refractivity contribution is 5.98. The third-order valence-corrected chi connectivity index (χ3v) is 3.22. The van der Waals surface area contributed by atoms with Gasteiger partial charge in [-0.3, -0.25) is 0 Å². The van der Waals surface area contributed by atoms with E-state index in [1.54, 1.807) is 0 Å². The van der Waals surface area contributed by atoms with Crippen LogP contribution < -0.4 is 11.1 Å². The highest BCUT2D eigenvalue weighted by Gasteiger charge is 2.06. The van der Waals surface area contributed by atoms with Crippen molar-refractivity contribution in [1.29, 1.82) is 0 Å². The zero-order chi connectivity index (χ0) is 14.4. The molecule has 104 valence electrons. The van der Waals surface area contributed by atoms with Gasteiger partial charge in [-0.25, -0.2) is 0 Å². The van der Waals surface area contributed by atoms with Gasteiger partial charge in [0.05, 0.1) is 0 Å². The van der Waals surface area contributed by atoms with Crippen molar-refractivity contribution >= 4 is 11.5 Å². The van der Waals surface area contributed by atoms with Gasteiger partial charge < -0.3 is 16.3 Å². The van der Waals surface area contributed by atoms with Gasteiger partial charge >= 0.3 is 0 Å². The first-order valence-corrected chi connectivity index (χ1v) is 6.63. The summed E-state index contributed by atoms with van der Waals surface area (Å²) in [5.41, 5.74) is 9.78. The van der Waals surface area contributed by atoms with Crippen LogP contribution in [0.15, 0.2) is 53.7 Å². The molecule has 0 amide bonds. The van der Waals surface area contributed by atoms with E-state index in [0.717, 1.165) is 23.2 Å². The molecule has 0 fully saturated rings. The average Bonchev–Trinajstić information content (AvgIpc) is 2.52. The molecule has 0 aromatic heterocycles. The molecule has 0 atom stereocenters. The minimum Gasteiger partial charge on any atom is -0.409 e. The number of amidine groups is 1. The Morgan fingerprint density at radius 2 is 2.00 bits per heavy atom. The molecule has 0 saturated heterocycles. The van der Waals surface area contributed by atoms with Crippen molar-refractivity contribution in [1.82, 2.24) is 0 Å². The van der Waals surface area contributed by atoms with Crippen LogP contribution in [-0.2, 0) is 13.0 Å². The Labute approximate surface area is 118 Å².